The molecule has 0 bridgehead atoms. The Balaban J connectivity index is 2.33. The Morgan fingerprint density at radius 1 is 0.667 bits per heavy atom. The first-order valence-electron chi connectivity index (χ1n) is 8.64. The molecular weight excluding hydrogens is 324 g/mol. The van der Waals surface area contributed by atoms with Crippen molar-refractivity contribution in [3.63, 3.8) is 0 Å². The SMILES string of the molecule is CCCC(S)[Si](c1ccccc1)(c1ccccc1)c1ccccc1. The fourth-order valence-corrected chi connectivity index (χ4v) is 10.3. The molecule has 0 fully saturated rings. The van der Waals surface area contributed by atoms with Crippen molar-refractivity contribution in [3.05, 3.63) is 91.0 Å². The lowest BCUT2D eigenvalue weighted by atomic mass is 10.3. The predicted molar refractivity (Wildman–Crippen MR) is 112 cm³/mol. The second kappa shape index (κ2) is 7.87. The first kappa shape index (κ1) is 17.1. The summed E-state index contributed by atoms with van der Waals surface area (Å²) in [7, 11) is -2.18. The standard InChI is InChI=1S/C22H24SSi/c1-2-12-22(23)24(19-13-6-3-7-14-19,20-15-8-4-9-16-20)21-17-10-5-11-18-21/h3-11,13-18,22-23H,2,12H2,1H3. The van der Waals surface area contributed by atoms with Crippen LogP contribution in [0.2, 0.25) is 0 Å². The summed E-state index contributed by atoms with van der Waals surface area (Å²) in [5.74, 6) is 0. The molecule has 0 saturated heterocycles. The molecule has 0 spiro atoms. The normalized spacial score (nSPS) is 12.8. The largest absolute Gasteiger partial charge is 0.178 e. The molecule has 0 saturated carbocycles. The first-order chi connectivity index (χ1) is 11.8. The summed E-state index contributed by atoms with van der Waals surface area (Å²) >= 11 is 5.19. The zero-order chi connectivity index (χ0) is 16.8. The van der Waals surface area contributed by atoms with E-state index >= 15 is 0 Å². The van der Waals surface area contributed by atoms with Gasteiger partial charge in [0.25, 0.3) is 0 Å². The van der Waals surface area contributed by atoms with E-state index in [9.17, 15) is 0 Å². The lowest BCUT2D eigenvalue weighted by Crippen LogP contribution is -2.72. The molecule has 122 valence electrons. The van der Waals surface area contributed by atoms with Gasteiger partial charge in [-0.3, -0.25) is 0 Å². The Morgan fingerprint density at radius 2 is 1.00 bits per heavy atom. The summed E-state index contributed by atoms with van der Waals surface area (Å²) in [5, 5.41) is 4.32. The van der Waals surface area contributed by atoms with Gasteiger partial charge >= 0.3 is 0 Å². The van der Waals surface area contributed by atoms with Gasteiger partial charge in [0.2, 0.25) is 0 Å². The number of benzene rings is 3. The summed E-state index contributed by atoms with van der Waals surface area (Å²) in [6, 6.07) is 33.1. The van der Waals surface area contributed by atoms with E-state index in [1.807, 2.05) is 0 Å². The maximum absolute atomic E-state index is 5.19. The van der Waals surface area contributed by atoms with Gasteiger partial charge in [-0.15, -0.1) is 0 Å². The van der Waals surface area contributed by atoms with E-state index < -0.39 is 8.07 Å². The number of thiol groups is 1. The Morgan fingerprint density at radius 3 is 1.29 bits per heavy atom. The highest BCUT2D eigenvalue weighted by Crippen LogP contribution is 2.20. The minimum atomic E-state index is -2.18. The van der Waals surface area contributed by atoms with Gasteiger partial charge in [-0.25, -0.2) is 0 Å². The highest BCUT2D eigenvalue weighted by Gasteiger charge is 2.44. The van der Waals surface area contributed by atoms with E-state index in [0.29, 0.717) is 4.87 Å². The highest BCUT2D eigenvalue weighted by molar-refractivity contribution is 7.84. The Bertz CT molecular complexity index is 644. The minimum absolute atomic E-state index is 0.342. The van der Waals surface area contributed by atoms with Crippen molar-refractivity contribution in [3.8, 4) is 0 Å². The van der Waals surface area contributed by atoms with E-state index in [4.69, 9.17) is 12.6 Å². The van der Waals surface area contributed by atoms with Gasteiger partial charge in [0.1, 0.15) is 0 Å². The van der Waals surface area contributed by atoms with Gasteiger partial charge in [-0.1, -0.05) is 104 Å². The van der Waals surface area contributed by atoms with Crippen LogP contribution in [0.3, 0.4) is 0 Å². The maximum Gasteiger partial charge on any atom is 0.160 e. The van der Waals surface area contributed by atoms with Crippen LogP contribution in [-0.4, -0.2) is 12.9 Å². The monoisotopic (exact) mass is 348 g/mol. The molecule has 3 aromatic carbocycles. The molecule has 0 aliphatic carbocycles. The van der Waals surface area contributed by atoms with Crippen LogP contribution in [0.5, 0.6) is 0 Å². The summed E-state index contributed by atoms with van der Waals surface area (Å²) in [4.78, 5) is 0.342. The molecule has 3 rings (SSSR count). The quantitative estimate of drug-likeness (QED) is 0.391. The molecular formula is C22H24SSi. The Hall–Kier alpha value is -1.77. The minimum Gasteiger partial charge on any atom is -0.178 e. The molecule has 0 aliphatic heterocycles. The van der Waals surface area contributed by atoms with Gasteiger partial charge < -0.3 is 0 Å². The third kappa shape index (κ3) is 3.09. The second-order valence-corrected chi connectivity index (χ2v) is 11.4. The van der Waals surface area contributed by atoms with Crippen LogP contribution in [0.15, 0.2) is 91.0 Å². The summed E-state index contributed by atoms with van der Waals surface area (Å²) in [5.41, 5.74) is 0. The Labute approximate surface area is 152 Å². The van der Waals surface area contributed by atoms with Crippen molar-refractivity contribution in [2.24, 2.45) is 0 Å². The van der Waals surface area contributed by atoms with Gasteiger partial charge in [-0.2, -0.15) is 12.6 Å². The van der Waals surface area contributed by atoms with Crippen molar-refractivity contribution in [2.45, 2.75) is 24.6 Å². The maximum atomic E-state index is 5.19. The van der Waals surface area contributed by atoms with Crippen molar-refractivity contribution < 1.29 is 0 Å². The van der Waals surface area contributed by atoms with Gasteiger partial charge in [0.15, 0.2) is 8.07 Å². The average molecular weight is 349 g/mol. The van der Waals surface area contributed by atoms with E-state index in [0.717, 1.165) is 12.8 Å². The molecule has 0 aromatic heterocycles. The van der Waals surface area contributed by atoms with E-state index in [2.05, 4.69) is 97.9 Å². The van der Waals surface area contributed by atoms with Crippen molar-refractivity contribution in [1.82, 2.24) is 0 Å². The zero-order valence-corrected chi connectivity index (χ0v) is 16.0. The van der Waals surface area contributed by atoms with Crippen molar-refractivity contribution in [2.75, 3.05) is 0 Å². The molecule has 1 atom stereocenters. The third-order valence-corrected chi connectivity index (χ3v) is 11.2. The highest BCUT2D eigenvalue weighted by atomic mass is 32.1. The van der Waals surface area contributed by atoms with Crippen LogP contribution >= 0.6 is 12.6 Å². The summed E-state index contributed by atoms with van der Waals surface area (Å²) in [6.45, 7) is 2.25. The molecule has 3 aromatic rings. The fraction of sp³-hybridized carbons (Fsp3) is 0.182. The third-order valence-electron chi connectivity index (χ3n) is 4.75. The molecule has 0 heterocycles. The van der Waals surface area contributed by atoms with Gasteiger partial charge in [0.05, 0.1) is 0 Å². The second-order valence-electron chi connectivity index (χ2n) is 6.21. The molecule has 0 N–H and O–H groups in total. The van der Waals surface area contributed by atoms with Crippen LogP contribution in [0.1, 0.15) is 19.8 Å². The average Bonchev–Trinajstić information content (AvgIpc) is 2.65. The van der Waals surface area contributed by atoms with Crippen LogP contribution in [0.25, 0.3) is 0 Å². The topological polar surface area (TPSA) is 0 Å². The first-order valence-corrected chi connectivity index (χ1v) is 11.2. The van der Waals surface area contributed by atoms with Gasteiger partial charge in [0, 0.05) is 4.87 Å². The predicted octanol–water partition coefficient (Wildman–Crippen LogP) is 3.79. The Kier molecular flexibility index (Phi) is 5.59. The summed E-state index contributed by atoms with van der Waals surface area (Å²) in [6.07, 6.45) is 2.27. The molecule has 0 radical (unpaired) electrons. The lowest BCUT2D eigenvalue weighted by molar-refractivity contribution is 0.857. The smallest absolute Gasteiger partial charge is 0.160 e. The lowest BCUT2D eigenvalue weighted by Gasteiger charge is -2.38. The van der Waals surface area contributed by atoms with Crippen LogP contribution in [0.4, 0.5) is 0 Å². The van der Waals surface area contributed by atoms with Crippen LogP contribution in [-0.2, 0) is 0 Å². The van der Waals surface area contributed by atoms with Crippen molar-refractivity contribution in [1.29, 1.82) is 0 Å². The molecule has 2 heteroatoms. The molecule has 1 unspecified atom stereocenters. The fourth-order valence-electron chi connectivity index (χ4n) is 3.67. The zero-order valence-electron chi connectivity index (χ0n) is 14.1. The van der Waals surface area contributed by atoms with E-state index in [1.165, 1.54) is 15.6 Å². The molecule has 0 amide bonds. The summed E-state index contributed by atoms with van der Waals surface area (Å²) < 4.78 is 0. The van der Waals surface area contributed by atoms with Gasteiger partial charge in [-0.05, 0) is 22.0 Å². The van der Waals surface area contributed by atoms with E-state index in [-0.39, 0.29) is 0 Å². The van der Waals surface area contributed by atoms with Crippen molar-refractivity contribution >= 4 is 36.3 Å². The van der Waals surface area contributed by atoms with Crippen LogP contribution in [0, 0.1) is 0 Å². The number of hydrogen-bond donors (Lipinski definition) is 1. The molecule has 0 aliphatic rings. The van der Waals surface area contributed by atoms with E-state index in [1.54, 1.807) is 0 Å². The number of rotatable bonds is 6. The van der Waals surface area contributed by atoms with Crippen LogP contribution < -0.4 is 15.6 Å². The molecule has 0 nitrogen and oxygen atoms in total. The number of hydrogen-bond acceptors (Lipinski definition) is 1. The molecule has 24 heavy (non-hydrogen) atoms.